The molecule has 4 nitrogen and oxygen atoms in total. The Bertz CT molecular complexity index is 625. The summed E-state index contributed by atoms with van der Waals surface area (Å²) in [5.41, 5.74) is 2.51. The Balaban J connectivity index is 2.23. The lowest BCUT2D eigenvalue weighted by molar-refractivity contribution is -0.138. The number of benzene rings is 1. The molecular formula is C18H21NO3. The number of aliphatic carboxylic acids is 1. The molecule has 0 fully saturated rings. The number of hydrogen-bond donors (Lipinski definition) is 1. The summed E-state index contributed by atoms with van der Waals surface area (Å²) >= 11 is 0. The van der Waals surface area contributed by atoms with E-state index in [0.717, 1.165) is 29.0 Å². The van der Waals surface area contributed by atoms with Gasteiger partial charge in [0.05, 0.1) is 12.5 Å². The topological polar surface area (TPSA) is 59.4 Å². The highest BCUT2D eigenvalue weighted by Gasteiger charge is 2.22. The molecule has 2 rings (SSSR count). The van der Waals surface area contributed by atoms with Crippen molar-refractivity contribution in [3.63, 3.8) is 0 Å². The van der Waals surface area contributed by atoms with Crippen molar-refractivity contribution in [1.29, 1.82) is 0 Å². The maximum absolute atomic E-state index is 11.7. The van der Waals surface area contributed by atoms with Gasteiger partial charge in [0, 0.05) is 18.3 Å². The third-order valence-electron chi connectivity index (χ3n) is 3.53. The van der Waals surface area contributed by atoms with Gasteiger partial charge >= 0.3 is 5.97 Å². The molecule has 1 aromatic carbocycles. The van der Waals surface area contributed by atoms with Crippen molar-refractivity contribution >= 4 is 5.97 Å². The lowest BCUT2D eigenvalue weighted by Gasteiger charge is -2.16. The van der Waals surface area contributed by atoms with E-state index in [9.17, 15) is 9.90 Å². The number of aromatic nitrogens is 1. The molecule has 116 valence electrons. The molecule has 2 aromatic rings. The number of nitrogens with zero attached hydrogens (tertiary/aromatic N) is 1. The monoisotopic (exact) mass is 299 g/mol. The number of pyridine rings is 1. The quantitative estimate of drug-likeness (QED) is 0.848. The van der Waals surface area contributed by atoms with Crippen LogP contribution in [0.3, 0.4) is 0 Å². The van der Waals surface area contributed by atoms with Crippen molar-refractivity contribution in [3.05, 3.63) is 59.4 Å². The number of carboxylic acids is 1. The first kappa shape index (κ1) is 16.0. The second-order valence-electron chi connectivity index (χ2n) is 5.28. The van der Waals surface area contributed by atoms with Gasteiger partial charge in [-0.25, -0.2) is 0 Å². The van der Waals surface area contributed by atoms with Gasteiger partial charge in [0.2, 0.25) is 0 Å². The van der Waals surface area contributed by atoms with E-state index in [2.05, 4.69) is 11.9 Å². The van der Waals surface area contributed by atoms with Crippen LogP contribution in [0.1, 0.15) is 36.1 Å². The minimum absolute atomic E-state index is 0.381. The van der Waals surface area contributed by atoms with Crippen LogP contribution in [0, 0.1) is 6.92 Å². The standard InChI is InChI=1S/C18H21NO3/c1-3-10-22-15-7-8-16(13(2)11-15)17(18(20)21)12-14-6-4-5-9-19-14/h4-9,11,17H,3,10,12H2,1-2H3,(H,20,21). The fourth-order valence-electron chi connectivity index (χ4n) is 2.41. The summed E-state index contributed by atoms with van der Waals surface area (Å²) in [7, 11) is 0. The molecule has 0 aliphatic carbocycles. The molecule has 22 heavy (non-hydrogen) atoms. The summed E-state index contributed by atoms with van der Waals surface area (Å²) < 4.78 is 5.59. The highest BCUT2D eigenvalue weighted by molar-refractivity contribution is 5.77. The van der Waals surface area contributed by atoms with E-state index in [4.69, 9.17) is 4.74 Å². The minimum Gasteiger partial charge on any atom is -0.494 e. The molecule has 0 spiro atoms. The average molecular weight is 299 g/mol. The zero-order chi connectivity index (χ0) is 15.9. The Kier molecular flexibility index (Phi) is 5.53. The van der Waals surface area contributed by atoms with E-state index in [1.54, 1.807) is 6.20 Å². The van der Waals surface area contributed by atoms with Crippen molar-refractivity contribution in [1.82, 2.24) is 4.98 Å². The second kappa shape index (κ2) is 7.59. The number of ether oxygens (including phenoxy) is 1. The summed E-state index contributed by atoms with van der Waals surface area (Å²) in [6.45, 7) is 4.63. The Labute approximate surface area is 130 Å². The molecule has 0 aliphatic rings. The summed E-state index contributed by atoms with van der Waals surface area (Å²) in [6.07, 6.45) is 3.01. The van der Waals surface area contributed by atoms with Crippen molar-refractivity contribution in [2.24, 2.45) is 0 Å². The molecule has 0 radical (unpaired) electrons. The fourth-order valence-corrected chi connectivity index (χ4v) is 2.41. The van der Waals surface area contributed by atoms with Crippen LogP contribution in [0.25, 0.3) is 0 Å². The van der Waals surface area contributed by atoms with Crippen molar-refractivity contribution in [3.8, 4) is 5.75 Å². The maximum Gasteiger partial charge on any atom is 0.311 e. The lowest BCUT2D eigenvalue weighted by atomic mass is 9.90. The molecule has 1 N–H and O–H groups in total. The molecule has 1 atom stereocenters. The van der Waals surface area contributed by atoms with Gasteiger partial charge in [-0.05, 0) is 48.7 Å². The van der Waals surface area contributed by atoms with Gasteiger partial charge in [-0.3, -0.25) is 9.78 Å². The zero-order valence-electron chi connectivity index (χ0n) is 13.0. The maximum atomic E-state index is 11.7. The van der Waals surface area contributed by atoms with Gasteiger partial charge in [0.15, 0.2) is 0 Å². The van der Waals surface area contributed by atoms with Crippen LogP contribution >= 0.6 is 0 Å². The van der Waals surface area contributed by atoms with Gasteiger partial charge in [-0.15, -0.1) is 0 Å². The number of aryl methyl sites for hydroxylation is 1. The first-order valence-corrected chi connectivity index (χ1v) is 7.48. The average Bonchev–Trinajstić information content (AvgIpc) is 2.52. The number of hydrogen-bond acceptors (Lipinski definition) is 3. The Morgan fingerprint density at radius 1 is 1.32 bits per heavy atom. The Morgan fingerprint density at radius 3 is 2.73 bits per heavy atom. The third-order valence-corrected chi connectivity index (χ3v) is 3.53. The predicted octanol–water partition coefficient (Wildman–Crippen LogP) is 3.59. The van der Waals surface area contributed by atoms with Gasteiger partial charge in [-0.2, -0.15) is 0 Å². The largest absolute Gasteiger partial charge is 0.494 e. The van der Waals surface area contributed by atoms with E-state index >= 15 is 0 Å². The highest BCUT2D eigenvalue weighted by atomic mass is 16.5. The van der Waals surface area contributed by atoms with Crippen molar-refractivity contribution < 1.29 is 14.6 Å². The van der Waals surface area contributed by atoms with Crippen molar-refractivity contribution in [2.75, 3.05) is 6.61 Å². The van der Waals surface area contributed by atoms with E-state index < -0.39 is 11.9 Å². The summed E-state index contributed by atoms with van der Waals surface area (Å²) in [5.74, 6) is -0.656. The lowest BCUT2D eigenvalue weighted by Crippen LogP contribution is -2.16. The summed E-state index contributed by atoms with van der Waals surface area (Å²) in [5, 5.41) is 9.56. The van der Waals surface area contributed by atoms with Gasteiger partial charge in [0.25, 0.3) is 0 Å². The van der Waals surface area contributed by atoms with E-state index in [1.807, 2.05) is 43.3 Å². The molecule has 0 aliphatic heterocycles. The summed E-state index contributed by atoms with van der Waals surface area (Å²) in [4.78, 5) is 15.9. The minimum atomic E-state index is -0.837. The van der Waals surface area contributed by atoms with Crippen molar-refractivity contribution in [2.45, 2.75) is 32.6 Å². The Hall–Kier alpha value is -2.36. The Morgan fingerprint density at radius 2 is 2.14 bits per heavy atom. The summed E-state index contributed by atoms with van der Waals surface area (Å²) in [6, 6.07) is 11.1. The number of rotatable bonds is 7. The van der Waals surface area contributed by atoms with Crippen LogP contribution in [-0.4, -0.2) is 22.7 Å². The van der Waals surface area contributed by atoms with Gasteiger partial charge in [0.1, 0.15) is 5.75 Å². The molecule has 0 amide bonds. The molecular weight excluding hydrogens is 278 g/mol. The number of carbonyl (C=O) groups is 1. The molecule has 4 heteroatoms. The molecule has 0 bridgehead atoms. The normalized spacial score (nSPS) is 11.9. The molecule has 1 unspecified atom stereocenters. The number of carboxylic acid groups (broad SMARTS) is 1. The smallest absolute Gasteiger partial charge is 0.311 e. The first-order valence-electron chi connectivity index (χ1n) is 7.48. The zero-order valence-corrected chi connectivity index (χ0v) is 13.0. The van der Waals surface area contributed by atoms with E-state index in [1.165, 1.54) is 0 Å². The first-order chi connectivity index (χ1) is 10.6. The van der Waals surface area contributed by atoms with Crippen LogP contribution in [0.15, 0.2) is 42.6 Å². The third kappa shape index (κ3) is 4.07. The molecule has 0 saturated carbocycles. The van der Waals surface area contributed by atoms with Crippen LogP contribution < -0.4 is 4.74 Å². The van der Waals surface area contributed by atoms with E-state index in [0.29, 0.717) is 13.0 Å². The van der Waals surface area contributed by atoms with Crippen LogP contribution in [0.5, 0.6) is 5.75 Å². The molecule has 1 aromatic heterocycles. The van der Waals surface area contributed by atoms with E-state index in [-0.39, 0.29) is 0 Å². The van der Waals surface area contributed by atoms with Gasteiger partial charge in [-0.1, -0.05) is 19.1 Å². The fraction of sp³-hybridized carbons (Fsp3) is 0.333. The molecule has 1 heterocycles. The van der Waals surface area contributed by atoms with Gasteiger partial charge < -0.3 is 9.84 Å². The highest BCUT2D eigenvalue weighted by Crippen LogP contribution is 2.27. The SMILES string of the molecule is CCCOc1ccc(C(Cc2ccccn2)C(=O)O)c(C)c1. The second-order valence-corrected chi connectivity index (χ2v) is 5.28. The van der Waals surface area contributed by atoms with Crippen LogP contribution in [0.4, 0.5) is 0 Å². The predicted molar refractivity (Wildman–Crippen MR) is 85.3 cm³/mol. The van der Waals surface area contributed by atoms with Crippen LogP contribution in [-0.2, 0) is 11.2 Å². The van der Waals surface area contributed by atoms with Crippen LogP contribution in [0.2, 0.25) is 0 Å². The molecule has 0 saturated heterocycles.